The van der Waals surface area contributed by atoms with E-state index < -0.39 is 0 Å². The molecule has 4 nitrogen and oxygen atoms in total. The molecule has 0 aromatic carbocycles. The minimum atomic E-state index is -0.283. The molecule has 0 aromatic heterocycles. The second-order valence-corrected chi connectivity index (χ2v) is 5.62. The Kier molecular flexibility index (Phi) is 6.39. The maximum Gasteiger partial charge on any atom is 0.305 e. The molecule has 1 unspecified atom stereocenters. The fourth-order valence-electron chi connectivity index (χ4n) is 1.57. The average Bonchev–Trinajstić information content (AvgIpc) is 2.20. The van der Waals surface area contributed by atoms with E-state index >= 15 is 0 Å². The molecule has 0 radical (unpaired) electrons. The van der Waals surface area contributed by atoms with Crippen LogP contribution < -0.4 is 5.32 Å². The van der Waals surface area contributed by atoms with Gasteiger partial charge in [-0.2, -0.15) is 0 Å². The van der Waals surface area contributed by atoms with Crippen molar-refractivity contribution in [1.82, 2.24) is 5.32 Å². The number of ether oxygens (including phenoxy) is 1. The zero-order chi connectivity index (χ0) is 13.6. The van der Waals surface area contributed by atoms with Gasteiger partial charge >= 0.3 is 5.97 Å². The standard InChI is InChI=1S/C13H25NO3/c1-9(2)12(16)10(14-13(3,4)5)7-8-11(15)17-6/h9-10,14H,7-8H2,1-6H3. The second-order valence-electron chi connectivity index (χ2n) is 5.62. The highest BCUT2D eigenvalue weighted by atomic mass is 16.5. The van der Waals surface area contributed by atoms with Crippen molar-refractivity contribution >= 4 is 11.8 Å². The highest BCUT2D eigenvalue weighted by Crippen LogP contribution is 2.11. The van der Waals surface area contributed by atoms with Crippen LogP contribution in [0.15, 0.2) is 0 Å². The van der Waals surface area contributed by atoms with Crippen LogP contribution in [0.5, 0.6) is 0 Å². The number of Topliss-reactive ketones (excluding diaryl/α,β-unsaturated/α-hetero) is 1. The Hall–Kier alpha value is -0.900. The number of carbonyl (C=O) groups is 2. The van der Waals surface area contributed by atoms with Crippen LogP contribution in [0.1, 0.15) is 47.5 Å². The molecule has 4 heteroatoms. The van der Waals surface area contributed by atoms with Crippen molar-refractivity contribution in [3.63, 3.8) is 0 Å². The van der Waals surface area contributed by atoms with E-state index in [1.807, 2.05) is 34.6 Å². The predicted molar refractivity (Wildman–Crippen MR) is 67.8 cm³/mol. The summed E-state index contributed by atoms with van der Waals surface area (Å²) in [6.45, 7) is 9.76. The molecule has 0 aliphatic carbocycles. The van der Waals surface area contributed by atoms with Crippen LogP contribution in [0, 0.1) is 5.92 Å². The molecular weight excluding hydrogens is 218 g/mol. The summed E-state index contributed by atoms with van der Waals surface area (Å²) in [7, 11) is 1.36. The summed E-state index contributed by atoms with van der Waals surface area (Å²) in [5.41, 5.74) is -0.147. The first-order valence-electron chi connectivity index (χ1n) is 6.05. The lowest BCUT2D eigenvalue weighted by molar-refractivity contribution is -0.141. The van der Waals surface area contributed by atoms with E-state index in [9.17, 15) is 9.59 Å². The van der Waals surface area contributed by atoms with E-state index in [1.165, 1.54) is 7.11 Å². The predicted octanol–water partition coefficient (Wildman–Crippen LogP) is 1.92. The lowest BCUT2D eigenvalue weighted by Gasteiger charge is -2.28. The fourth-order valence-corrected chi connectivity index (χ4v) is 1.57. The third-order valence-electron chi connectivity index (χ3n) is 2.38. The first-order chi connectivity index (χ1) is 7.67. The normalized spacial score (nSPS) is 13.6. The maximum absolute atomic E-state index is 12.0. The maximum atomic E-state index is 12.0. The van der Waals surface area contributed by atoms with E-state index in [1.54, 1.807) is 0 Å². The summed E-state index contributed by atoms with van der Waals surface area (Å²) in [4.78, 5) is 23.1. The molecule has 0 heterocycles. The number of hydrogen-bond donors (Lipinski definition) is 1. The number of carbonyl (C=O) groups excluding carboxylic acids is 2. The van der Waals surface area contributed by atoms with Crippen molar-refractivity contribution in [2.75, 3.05) is 7.11 Å². The Morgan fingerprint density at radius 1 is 1.24 bits per heavy atom. The molecule has 1 N–H and O–H groups in total. The second kappa shape index (κ2) is 6.74. The lowest BCUT2D eigenvalue weighted by atomic mass is 9.95. The molecule has 0 rings (SSSR count). The van der Waals surface area contributed by atoms with E-state index in [4.69, 9.17) is 0 Å². The van der Waals surface area contributed by atoms with Crippen LogP contribution in [0.2, 0.25) is 0 Å². The number of hydrogen-bond acceptors (Lipinski definition) is 4. The van der Waals surface area contributed by atoms with Gasteiger partial charge in [-0.25, -0.2) is 0 Å². The van der Waals surface area contributed by atoms with Gasteiger partial charge in [0, 0.05) is 17.9 Å². The molecule has 0 aliphatic heterocycles. The Morgan fingerprint density at radius 3 is 2.12 bits per heavy atom. The van der Waals surface area contributed by atoms with Gasteiger partial charge in [-0.3, -0.25) is 9.59 Å². The number of esters is 1. The summed E-state index contributed by atoms with van der Waals surface area (Å²) >= 11 is 0. The van der Waals surface area contributed by atoms with Gasteiger partial charge in [-0.05, 0) is 27.2 Å². The number of rotatable bonds is 6. The Morgan fingerprint density at radius 2 is 1.76 bits per heavy atom. The molecule has 0 spiro atoms. The highest BCUT2D eigenvalue weighted by Gasteiger charge is 2.25. The fraction of sp³-hybridized carbons (Fsp3) is 0.846. The van der Waals surface area contributed by atoms with Gasteiger partial charge < -0.3 is 10.1 Å². The third-order valence-corrected chi connectivity index (χ3v) is 2.38. The van der Waals surface area contributed by atoms with Crippen LogP contribution in [-0.2, 0) is 14.3 Å². The van der Waals surface area contributed by atoms with Gasteiger partial charge in [0.1, 0.15) is 0 Å². The van der Waals surface area contributed by atoms with E-state index in [0.29, 0.717) is 6.42 Å². The Bertz CT molecular complexity index is 266. The molecular formula is C13H25NO3. The lowest BCUT2D eigenvalue weighted by Crippen LogP contribution is -2.49. The molecule has 0 aromatic rings. The summed E-state index contributed by atoms with van der Waals surface area (Å²) in [5, 5.41) is 3.26. The molecule has 0 bridgehead atoms. The molecule has 17 heavy (non-hydrogen) atoms. The van der Waals surface area contributed by atoms with Gasteiger partial charge in [0.05, 0.1) is 13.2 Å². The molecule has 1 atom stereocenters. The summed E-state index contributed by atoms with van der Waals surface area (Å²) in [6, 6.07) is -0.283. The first kappa shape index (κ1) is 16.1. The van der Waals surface area contributed by atoms with Crippen LogP contribution in [0.4, 0.5) is 0 Å². The van der Waals surface area contributed by atoms with E-state index in [2.05, 4.69) is 10.1 Å². The Labute approximate surface area is 104 Å². The zero-order valence-electron chi connectivity index (χ0n) is 11.8. The van der Waals surface area contributed by atoms with Crippen LogP contribution in [-0.4, -0.2) is 30.4 Å². The summed E-state index contributed by atoms with van der Waals surface area (Å²) in [6.07, 6.45) is 0.754. The molecule has 0 saturated carbocycles. The van der Waals surface area contributed by atoms with Gasteiger partial charge in [-0.1, -0.05) is 13.8 Å². The average molecular weight is 243 g/mol. The van der Waals surface area contributed by atoms with Gasteiger partial charge in [0.25, 0.3) is 0 Å². The van der Waals surface area contributed by atoms with Gasteiger partial charge in [-0.15, -0.1) is 0 Å². The van der Waals surface area contributed by atoms with Crippen molar-refractivity contribution in [2.24, 2.45) is 5.92 Å². The van der Waals surface area contributed by atoms with Gasteiger partial charge in [0.2, 0.25) is 0 Å². The largest absolute Gasteiger partial charge is 0.469 e. The SMILES string of the molecule is COC(=O)CCC(NC(C)(C)C)C(=O)C(C)C. The summed E-state index contributed by atoms with van der Waals surface area (Å²) in [5.74, 6) is -0.168. The molecule has 100 valence electrons. The first-order valence-corrected chi connectivity index (χ1v) is 6.05. The monoisotopic (exact) mass is 243 g/mol. The van der Waals surface area contributed by atoms with Crippen molar-refractivity contribution in [1.29, 1.82) is 0 Å². The zero-order valence-corrected chi connectivity index (χ0v) is 11.8. The quantitative estimate of drug-likeness (QED) is 0.724. The van der Waals surface area contributed by atoms with Crippen LogP contribution in [0.3, 0.4) is 0 Å². The topological polar surface area (TPSA) is 55.4 Å². The smallest absolute Gasteiger partial charge is 0.305 e. The minimum absolute atomic E-state index is 0.0347. The van der Waals surface area contributed by atoms with Crippen molar-refractivity contribution in [3.05, 3.63) is 0 Å². The van der Waals surface area contributed by atoms with Crippen molar-refractivity contribution in [3.8, 4) is 0 Å². The highest BCUT2D eigenvalue weighted by molar-refractivity contribution is 5.86. The minimum Gasteiger partial charge on any atom is -0.469 e. The third kappa shape index (κ3) is 7.10. The van der Waals surface area contributed by atoms with Crippen molar-refractivity contribution < 1.29 is 14.3 Å². The number of ketones is 1. The van der Waals surface area contributed by atoms with E-state index in [0.717, 1.165) is 0 Å². The van der Waals surface area contributed by atoms with Crippen LogP contribution in [0.25, 0.3) is 0 Å². The van der Waals surface area contributed by atoms with E-state index in [-0.39, 0.29) is 35.7 Å². The number of methoxy groups -OCH3 is 1. The van der Waals surface area contributed by atoms with Crippen molar-refractivity contribution in [2.45, 2.75) is 59.0 Å². The molecule has 0 saturated heterocycles. The summed E-state index contributed by atoms with van der Waals surface area (Å²) < 4.78 is 4.59. The van der Waals surface area contributed by atoms with Gasteiger partial charge in [0.15, 0.2) is 5.78 Å². The van der Waals surface area contributed by atoms with Crippen LogP contribution >= 0.6 is 0 Å². The number of nitrogens with one attached hydrogen (secondary N) is 1. The molecule has 0 fully saturated rings. The molecule has 0 aliphatic rings. The molecule has 0 amide bonds. The Balaban J connectivity index is 4.52.